The van der Waals surface area contributed by atoms with Crippen LogP contribution < -0.4 is 0 Å². The van der Waals surface area contributed by atoms with Crippen LogP contribution in [0.2, 0.25) is 0 Å². The molecule has 0 aromatic heterocycles. The van der Waals surface area contributed by atoms with Gasteiger partial charge in [0.2, 0.25) is 5.91 Å². The number of amides is 1. The highest BCUT2D eigenvalue weighted by molar-refractivity contribution is 5.92. The maximum Gasteiger partial charge on any atom is 0.225 e. The second-order valence-corrected chi connectivity index (χ2v) is 10.9. The number of piperidine rings is 1. The topological polar surface area (TPSA) is 41.9 Å². The molecule has 2 fully saturated rings. The summed E-state index contributed by atoms with van der Waals surface area (Å²) in [6.07, 6.45) is 7.29. The molecule has 0 N–H and O–H groups in total. The Hall–Kier alpha value is -1.68. The van der Waals surface area contributed by atoms with Crippen molar-refractivity contribution in [2.45, 2.75) is 90.2 Å². The van der Waals surface area contributed by atoms with Crippen molar-refractivity contribution in [1.29, 1.82) is 0 Å². The zero-order valence-corrected chi connectivity index (χ0v) is 19.3. The maximum absolute atomic E-state index is 13.6. The molecule has 1 aromatic carbocycles. The van der Waals surface area contributed by atoms with Crippen LogP contribution in [0.1, 0.15) is 76.5 Å². The van der Waals surface area contributed by atoms with Gasteiger partial charge in [0.05, 0.1) is 11.8 Å². The number of rotatable bonds is 2. The molecule has 1 saturated heterocycles. The van der Waals surface area contributed by atoms with Gasteiger partial charge in [-0.05, 0) is 73.6 Å². The lowest BCUT2D eigenvalue weighted by Gasteiger charge is -2.61. The fourth-order valence-corrected chi connectivity index (χ4v) is 6.81. The molecular formula is C26H36N2O2. The minimum absolute atomic E-state index is 0.0449. The fraction of sp³-hybridized carbons (Fsp3) is 0.692. The first-order valence-corrected chi connectivity index (χ1v) is 11.8. The molecule has 5 rings (SSSR count). The lowest BCUT2D eigenvalue weighted by Crippen LogP contribution is -2.65. The average molecular weight is 409 g/mol. The van der Waals surface area contributed by atoms with Crippen molar-refractivity contribution in [2.24, 2.45) is 16.3 Å². The van der Waals surface area contributed by atoms with Crippen LogP contribution in [0.5, 0.6) is 0 Å². The van der Waals surface area contributed by atoms with E-state index in [1.54, 1.807) is 7.11 Å². The zero-order chi connectivity index (χ0) is 21.3. The number of carbonyl (C=O) groups excluding carboxylic acids is 1. The van der Waals surface area contributed by atoms with Crippen molar-refractivity contribution in [2.75, 3.05) is 13.7 Å². The highest BCUT2D eigenvalue weighted by Crippen LogP contribution is 2.57. The van der Waals surface area contributed by atoms with E-state index < -0.39 is 0 Å². The predicted molar refractivity (Wildman–Crippen MR) is 121 cm³/mol. The number of likely N-dealkylation sites (tertiary alicyclic amines) is 1. The Morgan fingerprint density at radius 2 is 1.87 bits per heavy atom. The molecule has 1 saturated carbocycles. The summed E-state index contributed by atoms with van der Waals surface area (Å²) in [4.78, 5) is 20.7. The first-order valence-electron chi connectivity index (χ1n) is 11.8. The number of hydrogen-bond donors (Lipinski definition) is 0. The summed E-state index contributed by atoms with van der Waals surface area (Å²) in [6.45, 7) is 10.2. The Kier molecular flexibility index (Phi) is 4.66. The van der Waals surface area contributed by atoms with Crippen LogP contribution in [0.3, 0.4) is 0 Å². The molecule has 1 amide bonds. The SMILES string of the molecule is COC1CCC(C(=O)N2CC[C@@]3(C)c4cc5c(cc4C[C@@H]2C3(C)C)CC(C)=N5)CC1. The highest BCUT2D eigenvalue weighted by atomic mass is 16.5. The Balaban J connectivity index is 1.46. The van der Waals surface area contributed by atoms with Gasteiger partial charge in [-0.25, -0.2) is 0 Å². The van der Waals surface area contributed by atoms with E-state index in [0.717, 1.165) is 51.5 Å². The van der Waals surface area contributed by atoms with Crippen LogP contribution in [-0.4, -0.2) is 42.3 Å². The Morgan fingerprint density at radius 3 is 2.57 bits per heavy atom. The molecule has 2 atom stereocenters. The molecule has 4 heteroatoms. The van der Waals surface area contributed by atoms with E-state index in [-0.39, 0.29) is 22.8 Å². The highest BCUT2D eigenvalue weighted by Gasteiger charge is 2.57. The van der Waals surface area contributed by atoms with Crippen LogP contribution >= 0.6 is 0 Å². The van der Waals surface area contributed by atoms with Gasteiger partial charge >= 0.3 is 0 Å². The number of fused-ring (bicyclic) bond motifs is 5. The van der Waals surface area contributed by atoms with Gasteiger partial charge in [-0.15, -0.1) is 0 Å². The van der Waals surface area contributed by atoms with Gasteiger partial charge in [0.25, 0.3) is 0 Å². The lowest BCUT2D eigenvalue weighted by molar-refractivity contribution is -0.150. The van der Waals surface area contributed by atoms with Gasteiger partial charge in [-0.3, -0.25) is 9.79 Å². The van der Waals surface area contributed by atoms with E-state index >= 15 is 0 Å². The van der Waals surface area contributed by atoms with E-state index in [2.05, 4.69) is 44.7 Å². The van der Waals surface area contributed by atoms with E-state index in [0.29, 0.717) is 12.0 Å². The molecular weight excluding hydrogens is 372 g/mol. The molecule has 4 aliphatic rings. The average Bonchev–Trinajstić information content (AvgIpc) is 3.08. The monoisotopic (exact) mass is 408 g/mol. The van der Waals surface area contributed by atoms with Gasteiger partial charge in [0.1, 0.15) is 0 Å². The van der Waals surface area contributed by atoms with Crippen molar-refractivity contribution < 1.29 is 9.53 Å². The molecule has 0 radical (unpaired) electrons. The number of methoxy groups -OCH3 is 1. The quantitative estimate of drug-likeness (QED) is 0.692. The normalized spacial score (nSPS) is 34.2. The molecule has 0 unspecified atom stereocenters. The number of benzene rings is 1. The summed E-state index contributed by atoms with van der Waals surface area (Å²) in [5.41, 5.74) is 6.81. The molecule has 4 nitrogen and oxygen atoms in total. The first kappa shape index (κ1) is 20.2. The van der Waals surface area contributed by atoms with Gasteiger partial charge in [-0.2, -0.15) is 0 Å². The summed E-state index contributed by atoms with van der Waals surface area (Å²) in [5, 5.41) is 0. The second kappa shape index (κ2) is 6.91. The third-order valence-corrected chi connectivity index (χ3v) is 9.19. The molecule has 162 valence electrons. The summed E-state index contributed by atoms with van der Waals surface area (Å²) >= 11 is 0. The molecule has 2 aliphatic carbocycles. The van der Waals surface area contributed by atoms with Crippen LogP contribution in [0.15, 0.2) is 17.1 Å². The summed E-state index contributed by atoms with van der Waals surface area (Å²) in [5.74, 6) is 0.572. The van der Waals surface area contributed by atoms with Gasteiger partial charge in [0, 0.05) is 43.2 Å². The van der Waals surface area contributed by atoms with E-state index in [1.807, 2.05) is 0 Å². The van der Waals surface area contributed by atoms with Crippen LogP contribution in [-0.2, 0) is 27.8 Å². The zero-order valence-electron chi connectivity index (χ0n) is 19.3. The van der Waals surface area contributed by atoms with Crippen molar-refractivity contribution in [3.8, 4) is 0 Å². The lowest BCUT2D eigenvalue weighted by atomic mass is 9.50. The number of aliphatic imine (C=N–C) groups is 1. The van der Waals surface area contributed by atoms with Crippen LogP contribution in [0.4, 0.5) is 5.69 Å². The number of nitrogens with zero attached hydrogens (tertiary/aromatic N) is 2. The predicted octanol–water partition coefficient (Wildman–Crippen LogP) is 4.98. The third-order valence-electron chi connectivity index (χ3n) is 9.19. The third kappa shape index (κ3) is 2.82. The van der Waals surface area contributed by atoms with Gasteiger partial charge in [0.15, 0.2) is 0 Å². The number of carbonyl (C=O) groups is 1. The smallest absolute Gasteiger partial charge is 0.225 e. The van der Waals surface area contributed by atoms with Crippen molar-refractivity contribution >= 4 is 17.3 Å². The number of ether oxygens (including phenoxy) is 1. The molecule has 30 heavy (non-hydrogen) atoms. The Labute approximate surface area is 181 Å². The molecule has 2 heterocycles. The van der Waals surface area contributed by atoms with E-state index in [1.165, 1.54) is 28.1 Å². The van der Waals surface area contributed by atoms with Crippen molar-refractivity contribution in [1.82, 2.24) is 4.90 Å². The van der Waals surface area contributed by atoms with Crippen molar-refractivity contribution in [3.05, 3.63) is 28.8 Å². The minimum atomic E-state index is 0.0449. The van der Waals surface area contributed by atoms with E-state index in [9.17, 15) is 4.79 Å². The Morgan fingerprint density at radius 1 is 1.13 bits per heavy atom. The summed E-state index contributed by atoms with van der Waals surface area (Å²) < 4.78 is 5.53. The standard InChI is InChI=1S/C26H36N2O2/c1-16-12-19-13-18-14-23-25(2,3)26(4,21(18)15-22(19)27-16)10-11-28(23)24(29)17-6-8-20(30-5)9-7-17/h13,15,17,20,23H,6-12,14H2,1-5H3/t17?,20?,23-,26+/m1/s1. The largest absolute Gasteiger partial charge is 0.381 e. The molecule has 2 aliphatic heterocycles. The van der Waals surface area contributed by atoms with Crippen LogP contribution in [0, 0.1) is 11.3 Å². The number of hydrogen-bond acceptors (Lipinski definition) is 3. The van der Waals surface area contributed by atoms with Crippen LogP contribution in [0.25, 0.3) is 0 Å². The summed E-state index contributed by atoms with van der Waals surface area (Å²) in [6, 6.07) is 5.06. The molecule has 2 bridgehead atoms. The molecule has 1 aromatic rings. The first-order chi connectivity index (χ1) is 14.2. The van der Waals surface area contributed by atoms with Gasteiger partial charge in [-0.1, -0.05) is 26.8 Å². The van der Waals surface area contributed by atoms with Crippen molar-refractivity contribution in [3.63, 3.8) is 0 Å². The minimum Gasteiger partial charge on any atom is -0.381 e. The Bertz CT molecular complexity index is 910. The second-order valence-electron chi connectivity index (χ2n) is 10.9. The maximum atomic E-state index is 13.6. The summed E-state index contributed by atoms with van der Waals surface area (Å²) in [7, 11) is 1.80. The van der Waals surface area contributed by atoms with E-state index in [4.69, 9.17) is 9.73 Å². The molecule has 0 spiro atoms. The van der Waals surface area contributed by atoms with Gasteiger partial charge < -0.3 is 9.64 Å². The fourth-order valence-electron chi connectivity index (χ4n) is 6.81.